The van der Waals surface area contributed by atoms with E-state index in [0.29, 0.717) is 4.88 Å². The molecule has 0 spiro atoms. The van der Waals surface area contributed by atoms with Crippen LogP contribution in [0.15, 0.2) is 29.6 Å². The normalized spacial score (nSPS) is 10.2. The Morgan fingerprint density at radius 2 is 2.10 bits per heavy atom. The van der Waals surface area contributed by atoms with Crippen molar-refractivity contribution in [3.05, 3.63) is 43.7 Å². The molecule has 0 radical (unpaired) electrons. The van der Waals surface area contributed by atoms with Crippen LogP contribution < -0.4 is 10.9 Å². The van der Waals surface area contributed by atoms with Crippen molar-refractivity contribution in [2.24, 2.45) is 0 Å². The number of amides is 2. The van der Waals surface area contributed by atoms with Crippen molar-refractivity contribution >= 4 is 57.9 Å². The Morgan fingerprint density at radius 3 is 2.75 bits per heavy atom. The van der Waals surface area contributed by atoms with Crippen LogP contribution in [0.1, 0.15) is 14.5 Å². The summed E-state index contributed by atoms with van der Waals surface area (Å²) in [5.41, 5.74) is 4.76. The van der Waals surface area contributed by atoms with E-state index < -0.39 is 0 Å². The summed E-state index contributed by atoms with van der Waals surface area (Å²) in [6, 6.07) is 7.25. The summed E-state index contributed by atoms with van der Waals surface area (Å²) >= 11 is 10.1. The summed E-state index contributed by atoms with van der Waals surface area (Å²) in [5.74, 6) is 0.468. The average molecular weight is 347 g/mol. The van der Waals surface area contributed by atoms with Crippen LogP contribution >= 0.6 is 46.0 Å². The van der Waals surface area contributed by atoms with Crippen LogP contribution in [0, 0.1) is 0 Å². The molecule has 0 bridgehead atoms. The van der Waals surface area contributed by atoms with Gasteiger partial charge in [0.1, 0.15) is 0 Å². The van der Waals surface area contributed by atoms with Gasteiger partial charge in [0.05, 0.1) is 15.0 Å². The highest BCUT2D eigenvalue weighted by Crippen LogP contribution is 2.24. The first-order valence-corrected chi connectivity index (χ1v) is 8.82. The number of nitrogens with one attached hydrogen (secondary N) is 2. The number of thiophene rings is 2. The lowest BCUT2D eigenvalue weighted by atomic mass is 10.4. The van der Waals surface area contributed by atoms with Gasteiger partial charge >= 0.3 is 0 Å². The Morgan fingerprint density at radius 1 is 1.25 bits per heavy atom. The van der Waals surface area contributed by atoms with E-state index in [1.165, 1.54) is 34.4 Å². The van der Waals surface area contributed by atoms with E-state index in [1.807, 2.05) is 12.1 Å². The van der Waals surface area contributed by atoms with Crippen LogP contribution in [0.2, 0.25) is 4.34 Å². The predicted molar refractivity (Wildman–Crippen MR) is 85.4 cm³/mol. The third-order valence-electron chi connectivity index (χ3n) is 2.17. The molecule has 0 aliphatic heterocycles. The summed E-state index contributed by atoms with van der Waals surface area (Å²) in [6.07, 6.45) is 0. The van der Waals surface area contributed by atoms with Gasteiger partial charge in [0.15, 0.2) is 0 Å². The van der Waals surface area contributed by atoms with Gasteiger partial charge in [-0.3, -0.25) is 20.4 Å². The van der Waals surface area contributed by atoms with Gasteiger partial charge in [0.2, 0.25) is 5.91 Å². The monoisotopic (exact) mass is 346 g/mol. The van der Waals surface area contributed by atoms with Gasteiger partial charge in [-0.25, -0.2) is 0 Å². The second-order valence-electron chi connectivity index (χ2n) is 3.68. The number of hydrogen-bond acceptors (Lipinski definition) is 5. The molecule has 2 rings (SSSR count). The summed E-state index contributed by atoms with van der Waals surface area (Å²) in [5, 5.41) is 1.80. The van der Waals surface area contributed by atoms with Crippen LogP contribution in [-0.4, -0.2) is 17.6 Å². The Hall–Kier alpha value is -1.02. The van der Waals surface area contributed by atoms with Gasteiger partial charge in [-0.05, 0) is 23.6 Å². The maximum absolute atomic E-state index is 11.6. The zero-order valence-electron chi connectivity index (χ0n) is 10.2. The molecule has 2 heterocycles. The average Bonchev–Trinajstić information content (AvgIpc) is 3.07. The van der Waals surface area contributed by atoms with Gasteiger partial charge in [-0.2, -0.15) is 0 Å². The fourth-order valence-electron chi connectivity index (χ4n) is 1.31. The molecule has 0 aliphatic carbocycles. The first-order valence-electron chi connectivity index (χ1n) is 5.60. The van der Waals surface area contributed by atoms with Gasteiger partial charge in [0.25, 0.3) is 5.91 Å². The molecule has 0 atom stereocenters. The van der Waals surface area contributed by atoms with Gasteiger partial charge in [0, 0.05) is 10.6 Å². The summed E-state index contributed by atoms with van der Waals surface area (Å²) in [6.45, 7) is 0. The van der Waals surface area contributed by atoms with Crippen molar-refractivity contribution in [2.45, 2.75) is 5.75 Å². The maximum Gasteiger partial charge on any atom is 0.279 e. The fourth-order valence-corrected chi connectivity index (χ4v) is 3.95. The molecular formula is C12H11ClN2O2S3. The lowest BCUT2D eigenvalue weighted by molar-refractivity contribution is -0.119. The van der Waals surface area contributed by atoms with E-state index in [9.17, 15) is 9.59 Å². The minimum absolute atomic E-state index is 0.234. The molecule has 20 heavy (non-hydrogen) atoms. The van der Waals surface area contributed by atoms with E-state index in [-0.39, 0.29) is 17.6 Å². The molecule has 2 aromatic rings. The van der Waals surface area contributed by atoms with Gasteiger partial charge in [-0.1, -0.05) is 17.7 Å². The lowest BCUT2D eigenvalue weighted by Crippen LogP contribution is -2.42. The Bertz CT molecular complexity index is 583. The second kappa shape index (κ2) is 7.68. The highest BCUT2D eigenvalue weighted by atomic mass is 35.5. The first kappa shape index (κ1) is 15.4. The molecular weight excluding hydrogens is 336 g/mol. The summed E-state index contributed by atoms with van der Waals surface area (Å²) in [7, 11) is 0. The topological polar surface area (TPSA) is 58.2 Å². The van der Waals surface area contributed by atoms with Crippen molar-refractivity contribution in [1.29, 1.82) is 0 Å². The fraction of sp³-hybridized carbons (Fsp3) is 0.167. The minimum atomic E-state index is -0.302. The predicted octanol–water partition coefficient (Wildman–Crippen LogP) is 3.16. The zero-order valence-corrected chi connectivity index (χ0v) is 13.4. The van der Waals surface area contributed by atoms with Gasteiger partial charge in [-0.15, -0.1) is 34.4 Å². The van der Waals surface area contributed by atoms with Crippen LogP contribution in [0.3, 0.4) is 0 Å². The molecule has 106 valence electrons. The summed E-state index contributed by atoms with van der Waals surface area (Å²) < 4.78 is 0.744. The number of thioether (sulfide) groups is 1. The summed E-state index contributed by atoms with van der Waals surface area (Å²) in [4.78, 5) is 24.8. The lowest BCUT2D eigenvalue weighted by Gasteiger charge is -2.05. The molecule has 2 N–H and O–H groups in total. The number of carbonyl (C=O) groups is 2. The number of hydrazine groups is 1. The Labute approximate surface area is 133 Å². The van der Waals surface area contributed by atoms with E-state index in [2.05, 4.69) is 10.9 Å². The van der Waals surface area contributed by atoms with Crippen molar-refractivity contribution < 1.29 is 9.59 Å². The maximum atomic E-state index is 11.6. The largest absolute Gasteiger partial charge is 0.279 e. The molecule has 0 aromatic carbocycles. The number of rotatable bonds is 5. The molecule has 2 aromatic heterocycles. The number of halogens is 1. The highest BCUT2D eigenvalue weighted by molar-refractivity contribution is 7.99. The van der Waals surface area contributed by atoms with Crippen molar-refractivity contribution in [3.63, 3.8) is 0 Å². The highest BCUT2D eigenvalue weighted by Gasteiger charge is 2.08. The molecule has 8 heteroatoms. The molecule has 0 fully saturated rings. The van der Waals surface area contributed by atoms with E-state index >= 15 is 0 Å². The smallest absolute Gasteiger partial charge is 0.272 e. The quantitative estimate of drug-likeness (QED) is 0.818. The van der Waals surface area contributed by atoms with Gasteiger partial charge < -0.3 is 0 Å². The molecule has 0 saturated carbocycles. The van der Waals surface area contributed by atoms with Crippen LogP contribution in [0.25, 0.3) is 0 Å². The zero-order chi connectivity index (χ0) is 14.4. The third-order valence-corrected chi connectivity index (χ3v) is 5.43. The minimum Gasteiger partial charge on any atom is -0.272 e. The third kappa shape index (κ3) is 4.82. The molecule has 0 aliphatic rings. The van der Waals surface area contributed by atoms with E-state index in [4.69, 9.17) is 11.6 Å². The Balaban J connectivity index is 1.64. The van der Waals surface area contributed by atoms with Crippen molar-refractivity contribution in [2.75, 3.05) is 5.75 Å². The first-order chi connectivity index (χ1) is 9.65. The van der Waals surface area contributed by atoms with Crippen LogP contribution in [0.5, 0.6) is 0 Å². The van der Waals surface area contributed by atoms with Crippen molar-refractivity contribution in [1.82, 2.24) is 10.9 Å². The van der Waals surface area contributed by atoms with Crippen LogP contribution in [0.4, 0.5) is 0 Å². The standard InChI is InChI=1S/C12H11ClN2O2S3/c13-10-4-3-8(20-10)6-18-7-11(16)14-15-12(17)9-2-1-5-19-9/h1-5H,6-7H2,(H,14,16)(H,15,17). The Kier molecular flexibility index (Phi) is 5.90. The molecule has 2 amide bonds. The molecule has 0 unspecified atom stereocenters. The number of hydrogen-bond donors (Lipinski definition) is 2. The molecule has 0 saturated heterocycles. The SMILES string of the molecule is O=C(CSCc1ccc(Cl)s1)NNC(=O)c1cccs1. The van der Waals surface area contributed by atoms with E-state index in [0.717, 1.165) is 15.0 Å². The second-order valence-corrected chi connectivity index (χ2v) is 7.41. The van der Waals surface area contributed by atoms with E-state index in [1.54, 1.807) is 17.5 Å². The van der Waals surface area contributed by atoms with Crippen LogP contribution in [-0.2, 0) is 10.5 Å². The number of carbonyl (C=O) groups excluding carboxylic acids is 2. The van der Waals surface area contributed by atoms with Crippen molar-refractivity contribution in [3.8, 4) is 0 Å². The molecule has 4 nitrogen and oxygen atoms in total.